The molecule has 0 amide bonds. The van der Waals surface area contributed by atoms with Crippen molar-refractivity contribution in [3.8, 4) is 5.75 Å². The van der Waals surface area contributed by atoms with Crippen molar-refractivity contribution in [2.24, 2.45) is 0 Å². The monoisotopic (exact) mass is 296 g/mol. The molecule has 1 heterocycles. The summed E-state index contributed by atoms with van der Waals surface area (Å²) in [5, 5.41) is 4.25. The Hall–Kier alpha value is -1.45. The first kappa shape index (κ1) is 14.0. The van der Waals surface area contributed by atoms with E-state index in [1.807, 2.05) is 24.3 Å². The first-order chi connectivity index (χ1) is 9.19. The number of aromatic nitrogens is 1. The molecule has 0 saturated heterocycles. The number of anilines is 1. The van der Waals surface area contributed by atoms with Crippen LogP contribution < -0.4 is 10.1 Å². The predicted molar refractivity (Wildman–Crippen MR) is 79.4 cm³/mol. The summed E-state index contributed by atoms with van der Waals surface area (Å²) in [5.74, 6) is 1.51. The van der Waals surface area contributed by atoms with E-state index in [1.54, 1.807) is 19.4 Å². The molecule has 0 atom stereocenters. The number of pyridine rings is 1. The Morgan fingerprint density at radius 3 is 2.58 bits per heavy atom. The van der Waals surface area contributed by atoms with Gasteiger partial charge in [-0.3, -0.25) is 0 Å². The van der Waals surface area contributed by atoms with E-state index in [4.69, 9.17) is 27.9 Å². The molecular formula is C14H14Cl2N2O. The summed E-state index contributed by atoms with van der Waals surface area (Å²) in [7, 11) is 1.66. The second-order valence-electron chi connectivity index (χ2n) is 4.01. The normalized spacial score (nSPS) is 10.3. The molecule has 19 heavy (non-hydrogen) atoms. The number of hydrogen-bond acceptors (Lipinski definition) is 3. The highest BCUT2D eigenvalue weighted by molar-refractivity contribution is 6.35. The quantitative estimate of drug-likeness (QED) is 0.904. The number of nitrogens with one attached hydrogen (secondary N) is 1. The van der Waals surface area contributed by atoms with E-state index in [0.717, 1.165) is 18.7 Å². The predicted octanol–water partition coefficient (Wildman–Crippen LogP) is 4.05. The summed E-state index contributed by atoms with van der Waals surface area (Å²) in [6.07, 6.45) is 2.45. The van der Waals surface area contributed by atoms with Crippen molar-refractivity contribution in [1.29, 1.82) is 0 Å². The van der Waals surface area contributed by atoms with Crippen LogP contribution in [-0.4, -0.2) is 18.6 Å². The van der Waals surface area contributed by atoms with Gasteiger partial charge in [-0.05, 0) is 30.2 Å². The van der Waals surface area contributed by atoms with Crippen LogP contribution in [0.2, 0.25) is 10.0 Å². The van der Waals surface area contributed by atoms with Gasteiger partial charge in [0.25, 0.3) is 0 Å². The van der Waals surface area contributed by atoms with Gasteiger partial charge in [0.05, 0.1) is 17.2 Å². The van der Waals surface area contributed by atoms with Crippen LogP contribution in [0, 0.1) is 0 Å². The fourth-order valence-corrected chi connectivity index (χ4v) is 2.11. The molecule has 2 rings (SSSR count). The number of ether oxygens (including phenoxy) is 1. The third kappa shape index (κ3) is 4.01. The molecule has 0 unspecified atom stereocenters. The summed E-state index contributed by atoms with van der Waals surface area (Å²) in [6.45, 7) is 0.751. The summed E-state index contributed by atoms with van der Waals surface area (Å²) < 4.78 is 5.11. The van der Waals surface area contributed by atoms with Crippen LogP contribution >= 0.6 is 23.2 Å². The van der Waals surface area contributed by atoms with Gasteiger partial charge in [-0.1, -0.05) is 35.3 Å². The zero-order chi connectivity index (χ0) is 13.7. The second-order valence-corrected chi connectivity index (χ2v) is 4.85. The van der Waals surface area contributed by atoms with E-state index in [-0.39, 0.29) is 0 Å². The first-order valence-electron chi connectivity index (χ1n) is 5.87. The van der Waals surface area contributed by atoms with Crippen LogP contribution in [0.25, 0.3) is 0 Å². The maximum absolute atomic E-state index is 6.02. The number of methoxy groups -OCH3 is 1. The lowest BCUT2D eigenvalue weighted by atomic mass is 10.1. The summed E-state index contributed by atoms with van der Waals surface area (Å²) >= 11 is 11.8. The fraction of sp³-hybridized carbons (Fsp3) is 0.214. The molecule has 3 nitrogen and oxygen atoms in total. The Balaban J connectivity index is 1.88. The van der Waals surface area contributed by atoms with Crippen LogP contribution in [0.4, 0.5) is 5.82 Å². The first-order valence-corrected chi connectivity index (χ1v) is 6.62. The van der Waals surface area contributed by atoms with Gasteiger partial charge < -0.3 is 10.1 Å². The minimum atomic E-state index is 0.530. The summed E-state index contributed by atoms with van der Waals surface area (Å²) in [5.41, 5.74) is 1.22. The van der Waals surface area contributed by atoms with Gasteiger partial charge in [-0.15, -0.1) is 0 Å². The molecule has 5 heteroatoms. The Labute approximate surface area is 122 Å². The molecule has 0 saturated carbocycles. The Bertz CT molecular complexity index is 544. The van der Waals surface area contributed by atoms with E-state index in [9.17, 15) is 0 Å². The van der Waals surface area contributed by atoms with Gasteiger partial charge in [-0.2, -0.15) is 0 Å². The SMILES string of the molecule is COc1ccc(CCNc2ncc(Cl)cc2Cl)cc1. The number of hydrogen-bond donors (Lipinski definition) is 1. The zero-order valence-electron chi connectivity index (χ0n) is 10.5. The van der Waals surface area contributed by atoms with Crippen LogP contribution in [0.5, 0.6) is 5.75 Å². The van der Waals surface area contributed by atoms with Crippen molar-refractivity contribution in [3.63, 3.8) is 0 Å². The Kier molecular flexibility index (Phi) is 4.88. The van der Waals surface area contributed by atoms with Crippen molar-refractivity contribution in [1.82, 2.24) is 4.98 Å². The Morgan fingerprint density at radius 2 is 1.95 bits per heavy atom. The van der Waals surface area contributed by atoms with Crippen molar-refractivity contribution in [2.45, 2.75) is 6.42 Å². The lowest BCUT2D eigenvalue weighted by Gasteiger charge is -2.08. The molecule has 1 aromatic carbocycles. The Morgan fingerprint density at radius 1 is 1.21 bits per heavy atom. The van der Waals surface area contributed by atoms with Crippen LogP contribution in [0.15, 0.2) is 36.5 Å². The molecule has 0 fully saturated rings. The number of rotatable bonds is 5. The maximum Gasteiger partial charge on any atom is 0.144 e. The molecule has 2 aromatic rings. The highest BCUT2D eigenvalue weighted by atomic mass is 35.5. The van der Waals surface area contributed by atoms with Crippen LogP contribution in [0.1, 0.15) is 5.56 Å². The molecule has 100 valence electrons. The fourth-order valence-electron chi connectivity index (χ4n) is 1.66. The lowest BCUT2D eigenvalue weighted by molar-refractivity contribution is 0.414. The van der Waals surface area contributed by atoms with E-state index in [1.165, 1.54) is 5.56 Å². The van der Waals surface area contributed by atoms with E-state index >= 15 is 0 Å². The molecule has 1 N–H and O–H groups in total. The van der Waals surface area contributed by atoms with E-state index in [2.05, 4.69) is 10.3 Å². The van der Waals surface area contributed by atoms with Gasteiger partial charge in [0.15, 0.2) is 0 Å². The maximum atomic E-state index is 6.02. The van der Waals surface area contributed by atoms with Crippen molar-refractivity contribution in [3.05, 3.63) is 52.1 Å². The van der Waals surface area contributed by atoms with Crippen LogP contribution in [0.3, 0.4) is 0 Å². The third-order valence-corrected chi connectivity index (χ3v) is 3.17. The summed E-state index contributed by atoms with van der Waals surface area (Å²) in [4.78, 5) is 4.14. The lowest BCUT2D eigenvalue weighted by Crippen LogP contribution is -2.06. The number of nitrogens with zero attached hydrogens (tertiary/aromatic N) is 1. The molecule has 0 aliphatic rings. The van der Waals surface area contributed by atoms with Gasteiger partial charge in [-0.25, -0.2) is 4.98 Å². The largest absolute Gasteiger partial charge is 0.497 e. The smallest absolute Gasteiger partial charge is 0.144 e. The zero-order valence-corrected chi connectivity index (χ0v) is 12.0. The molecule has 0 aliphatic heterocycles. The van der Waals surface area contributed by atoms with Gasteiger partial charge >= 0.3 is 0 Å². The van der Waals surface area contributed by atoms with Gasteiger partial charge in [0, 0.05) is 12.7 Å². The molecule has 0 radical (unpaired) electrons. The van der Waals surface area contributed by atoms with Gasteiger partial charge in [0.2, 0.25) is 0 Å². The van der Waals surface area contributed by atoms with E-state index in [0.29, 0.717) is 15.9 Å². The standard InChI is InChI=1S/C14H14Cl2N2O/c1-19-12-4-2-10(3-5-12)6-7-17-14-13(16)8-11(15)9-18-14/h2-5,8-9H,6-7H2,1H3,(H,17,18). The molecule has 0 bridgehead atoms. The topological polar surface area (TPSA) is 34.1 Å². The average Bonchev–Trinajstić information content (AvgIpc) is 2.42. The molecule has 0 aliphatic carbocycles. The molecule has 0 spiro atoms. The minimum Gasteiger partial charge on any atom is -0.497 e. The van der Waals surface area contributed by atoms with Crippen molar-refractivity contribution in [2.75, 3.05) is 19.0 Å². The molecule has 1 aromatic heterocycles. The summed E-state index contributed by atoms with van der Waals surface area (Å²) in [6, 6.07) is 9.65. The van der Waals surface area contributed by atoms with Gasteiger partial charge in [0.1, 0.15) is 11.6 Å². The second kappa shape index (κ2) is 6.64. The highest BCUT2D eigenvalue weighted by Crippen LogP contribution is 2.22. The highest BCUT2D eigenvalue weighted by Gasteiger charge is 2.02. The number of benzene rings is 1. The number of halogens is 2. The van der Waals surface area contributed by atoms with E-state index < -0.39 is 0 Å². The van der Waals surface area contributed by atoms with Crippen LogP contribution in [-0.2, 0) is 6.42 Å². The van der Waals surface area contributed by atoms with Crippen molar-refractivity contribution >= 4 is 29.0 Å². The molecular weight excluding hydrogens is 283 g/mol. The minimum absolute atomic E-state index is 0.530. The average molecular weight is 297 g/mol. The third-order valence-electron chi connectivity index (χ3n) is 2.67. The van der Waals surface area contributed by atoms with Crippen molar-refractivity contribution < 1.29 is 4.74 Å².